The molecule has 27 heavy (non-hydrogen) atoms. The fourth-order valence-corrected chi connectivity index (χ4v) is 2.56. The van der Waals surface area contributed by atoms with E-state index in [0.717, 1.165) is 0 Å². The minimum Gasteiger partial charge on any atom is -1.00 e. The smallest absolute Gasteiger partial charge is 0.270 e. The zero-order valence-electron chi connectivity index (χ0n) is 14.1. The van der Waals surface area contributed by atoms with Crippen molar-refractivity contribution in [1.82, 2.24) is 0 Å². The van der Waals surface area contributed by atoms with Crippen LogP contribution in [0.15, 0.2) is 79.1 Å². The van der Waals surface area contributed by atoms with E-state index in [1.165, 1.54) is 24.3 Å². The van der Waals surface area contributed by atoms with Crippen LogP contribution in [0.1, 0.15) is 26.3 Å². The van der Waals surface area contributed by atoms with Crippen LogP contribution in [-0.2, 0) is 6.54 Å². The van der Waals surface area contributed by atoms with Gasteiger partial charge in [0.1, 0.15) is 0 Å². The third-order valence-corrected chi connectivity index (χ3v) is 3.86. The Hall–Kier alpha value is -3.38. The van der Waals surface area contributed by atoms with E-state index in [9.17, 15) is 19.7 Å². The summed E-state index contributed by atoms with van der Waals surface area (Å²) in [5, 5.41) is 10.8. The first-order chi connectivity index (χ1) is 12.5. The molecule has 0 radical (unpaired) electrons. The Morgan fingerprint density at radius 2 is 1.56 bits per heavy atom. The molecule has 0 N–H and O–H groups in total. The van der Waals surface area contributed by atoms with Gasteiger partial charge in [-0.25, -0.2) is 0 Å². The molecule has 1 aromatic heterocycles. The number of rotatable bonds is 6. The summed E-state index contributed by atoms with van der Waals surface area (Å²) in [6, 6.07) is 17.8. The maximum atomic E-state index is 12.5. The number of hydrogen-bond donors (Lipinski definition) is 0. The number of aromatic nitrogens is 1. The van der Waals surface area contributed by atoms with Crippen LogP contribution in [0.4, 0.5) is 5.69 Å². The highest BCUT2D eigenvalue weighted by atomic mass is 35.5. The van der Waals surface area contributed by atoms with Crippen LogP contribution >= 0.6 is 0 Å². The number of halogens is 1. The zero-order chi connectivity index (χ0) is 18.5. The van der Waals surface area contributed by atoms with Crippen molar-refractivity contribution in [3.8, 4) is 0 Å². The van der Waals surface area contributed by atoms with Gasteiger partial charge in [-0.15, -0.1) is 0 Å². The number of nitro benzene ring substituents is 1. The third-order valence-electron chi connectivity index (χ3n) is 3.86. The van der Waals surface area contributed by atoms with Crippen molar-refractivity contribution in [2.24, 2.45) is 0 Å². The van der Waals surface area contributed by atoms with Gasteiger partial charge >= 0.3 is 0 Å². The molecule has 0 saturated carbocycles. The van der Waals surface area contributed by atoms with Gasteiger partial charge in [-0.2, -0.15) is 4.57 Å². The van der Waals surface area contributed by atoms with Crippen LogP contribution in [0, 0.1) is 10.1 Å². The van der Waals surface area contributed by atoms with E-state index in [-0.39, 0.29) is 41.8 Å². The van der Waals surface area contributed by atoms with Gasteiger partial charge in [-0.05, 0) is 6.07 Å². The maximum Gasteiger partial charge on any atom is 0.270 e. The highest BCUT2D eigenvalue weighted by molar-refractivity contribution is 6.08. The van der Waals surface area contributed by atoms with E-state index in [2.05, 4.69) is 0 Å². The Morgan fingerprint density at radius 3 is 2.26 bits per heavy atom. The number of ketones is 2. The van der Waals surface area contributed by atoms with Crippen LogP contribution in [-0.4, -0.2) is 16.5 Å². The lowest BCUT2D eigenvalue weighted by atomic mass is 10.1. The number of carbonyl (C=O) groups excluding carboxylic acids is 2. The van der Waals surface area contributed by atoms with Gasteiger partial charge in [-0.1, -0.05) is 42.5 Å². The second-order valence-electron chi connectivity index (χ2n) is 5.69. The van der Waals surface area contributed by atoms with Crippen molar-refractivity contribution in [3.63, 3.8) is 0 Å². The van der Waals surface area contributed by atoms with Crippen LogP contribution in [0.5, 0.6) is 0 Å². The third kappa shape index (κ3) is 4.83. The predicted octanol–water partition coefficient (Wildman–Crippen LogP) is 0.000200. The molecular formula is C20H15ClN2O4. The summed E-state index contributed by atoms with van der Waals surface area (Å²) in [6.45, 7) is -0.0168. The van der Waals surface area contributed by atoms with E-state index in [1.54, 1.807) is 53.4 Å². The van der Waals surface area contributed by atoms with Gasteiger partial charge in [0.05, 0.1) is 10.5 Å². The SMILES string of the molecule is O=C(C[n+]1cccc(C(=O)c2ccccc2)c1)c1cccc([N+](=O)[O-])c1.[Cl-]. The topological polar surface area (TPSA) is 81.2 Å². The number of hydrogen-bond acceptors (Lipinski definition) is 4. The lowest BCUT2D eigenvalue weighted by molar-refractivity contribution is -0.683. The Kier molecular flexibility index (Phi) is 6.51. The van der Waals surface area contributed by atoms with Gasteiger partial charge in [0.15, 0.2) is 18.2 Å². The molecule has 0 atom stereocenters. The molecule has 0 spiro atoms. The summed E-state index contributed by atoms with van der Waals surface area (Å²) < 4.78 is 1.59. The summed E-state index contributed by atoms with van der Waals surface area (Å²) in [6.07, 6.45) is 3.28. The Balaban J connectivity index is 0.00000261. The Bertz CT molecular complexity index is 990. The zero-order valence-corrected chi connectivity index (χ0v) is 14.9. The van der Waals surface area contributed by atoms with Gasteiger partial charge in [0.25, 0.3) is 5.69 Å². The van der Waals surface area contributed by atoms with E-state index in [0.29, 0.717) is 11.1 Å². The number of nitro groups is 1. The lowest BCUT2D eigenvalue weighted by Gasteiger charge is -2.02. The molecule has 0 amide bonds. The summed E-state index contributed by atoms with van der Waals surface area (Å²) in [5.74, 6) is -0.411. The van der Waals surface area contributed by atoms with E-state index in [4.69, 9.17) is 0 Å². The predicted molar refractivity (Wildman–Crippen MR) is 93.9 cm³/mol. The fourth-order valence-electron chi connectivity index (χ4n) is 2.56. The van der Waals surface area contributed by atoms with Crippen molar-refractivity contribution >= 4 is 17.3 Å². The largest absolute Gasteiger partial charge is 1.00 e. The first-order valence-electron chi connectivity index (χ1n) is 7.91. The molecular weight excluding hydrogens is 368 g/mol. The molecule has 0 saturated heterocycles. The monoisotopic (exact) mass is 382 g/mol. The number of benzene rings is 2. The van der Waals surface area contributed by atoms with Crippen LogP contribution < -0.4 is 17.0 Å². The van der Waals surface area contributed by atoms with Crippen molar-refractivity contribution in [3.05, 3.63) is 106 Å². The molecule has 0 fully saturated rings. The summed E-state index contributed by atoms with van der Waals surface area (Å²) in [5.41, 5.74) is 1.15. The number of pyridine rings is 1. The van der Waals surface area contributed by atoms with Gasteiger partial charge < -0.3 is 12.4 Å². The molecule has 3 aromatic rings. The lowest BCUT2D eigenvalue weighted by Crippen LogP contribution is -3.00. The van der Waals surface area contributed by atoms with E-state index < -0.39 is 4.92 Å². The summed E-state index contributed by atoms with van der Waals surface area (Å²) in [4.78, 5) is 35.2. The first-order valence-corrected chi connectivity index (χ1v) is 7.91. The standard InChI is InChI=1S/C20H15N2O4.ClH/c23-19(16-8-4-10-18(12-16)22(25)26)14-21-11-5-9-17(13-21)20(24)15-6-2-1-3-7-15;/h1-13H,14H2;1H/q+1;/p-1. The van der Waals surface area contributed by atoms with Crippen LogP contribution in [0.3, 0.4) is 0 Å². The van der Waals surface area contributed by atoms with Crippen molar-refractivity contribution in [2.75, 3.05) is 0 Å². The van der Waals surface area contributed by atoms with Crippen molar-refractivity contribution in [2.45, 2.75) is 6.54 Å². The number of nitrogens with zero attached hydrogens (tertiary/aromatic N) is 2. The van der Waals surface area contributed by atoms with E-state index >= 15 is 0 Å². The van der Waals surface area contributed by atoms with Gasteiger partial charge in [0, 0.05) is 29.3 Å². The number of Topliss-reactive ketones (excluding diaryl/α,β-unsaturated/α-hetero) is 1. The quantitative estimate of drug-likeness (QED) is 0.260. The maximum absolute atomic E-state index is 12.5. The Labute approximate surface area is 161 Å². The van der Waals surface area contributed by atoms with Crippen molar-refractivity contribution < 1.29 is 31.5 Å². The minimum atomic E-state index is -0.539. The molecule has 3 rings (SSSR count). The van der Waals surface area contributed by atoms with Gasteiger partial charge in [-0.3, -0.25) is 19.7 Å². The molecule has 1 heterocycles. The number of carbonyl (C=O) groups is 2. The summed E-state index contributed by atoms with van der Waals surface area (Å²) in [7, 11) is 0. The molecule has 0 bridgehead atoms. The van der Waals surface area contributed by atoms with Crippen LogP contribution in [0.25, 0.3) is 0 Å². The molecule has 0 aliphatic rings. The normalized spacial score (nSPS) is 9.93. The molecule has 0 unspecified atom stereocenters. The average Bonchev–Trinajstić information content (AvgIpc) is 2.68. The summed E-state index contributed by atoms with van der Waals surface area (Å²) >= 11 is 0. The second kappa shape index (κ2) is 8.82. The molecule has 6 nitrogen and oxygen atoms in total. The van der Waals surface area contributed by atoms with E-state index in [1.807, 2.05) is 6.07 Å². The molecule has 2 aromatic carbocycles. The fraction of sp³-hybridized carbons (Fsp3) is 0.0500. The highest BCUT2D eigenvalue weighted by Crippen LogP contribution is 2.13. The molecule has 0 aliphatic carbocycles. The first kappa shape index (κ1) is 19.9. The molecule has 7 heteroatoms. The Morgan fingerprint density at radius 1 is 0.889 bits per heavy atom. The highest BCUT2D eigenvalue weighted by Gasteiger charge is 2.17. The molecule has 136 valence electrons. The van der Waals surface area contributed by atoms with Crippen LogP contribution in [0.2, 0.25) is 0 Å². The van der Waals surface area contributed by atoms with Gasteiger partial charge in [0.2, 0.25) is 12.3 Å². The molecule has 0 aliphatic heterocycles. The average molecular weight is 383 g/mol. The minimum absolute atomic E-state index is 0. The number of non-ortho nitro benzene ring substituents is 1. The second-order valence-corrected chi connectivity index (χ2v) is 5.69. The van der Waals surface area contributed by atoms with Crippen molar-refractivity contribution in [1.29, 1.82) is 0 Å².